The molecule has 0 fully saturated rings. The molecule has 0 amide bonds. The average molecular weight is 212 g/mol. The van der Waals surface area contributed by atoms with E-state index < -0.39 is 0 Å². The molecule has 0 heterocycles. The maximum atomic E-state index is 5.19. The molecule has 0 spiro atoms. The number of rotatable bonds is 7. The lowest BCUT2D eigenvalue weighted by Gasteiger charge is -2.02. The summed E-state index contributed by atoms with van der Waals surface area (Å²) >= 11 is 1.86. The summed E-state index contributed by atoms with van der Waals surface area (Å²) in [7, 11) is 1.64. The number of hydrogen-bond acceptors (Lipinski definition) is 3. The summed E-state index contributed by atoms with van der Waals surface area (Å²) in [6.07, 6.45) is 1.06. The topological polar surface area (TPSA) is 18.5 Å². The molecule has 1 rings (SSSR count). The third kappa shape index (κ3) is 5.27. The third-order valence-electron chi connectivity index (χ3n) is 1.65. The Kier molecular flexibility index (Phi) is 6.49. The highest BCUT2D eigenvalue weighted by Gasteiger charge is 1.92. The second kappa shape index (κ2) is 7.85. The fourth-order valence-electron chi connectivity index (χ4n) is 1.01. The molecule has 0 saturated carbocycles. The summed E-state index contributed by atoms with van der Waals surface area (Å²) in [4.78, 5) is 1.32. The van der Waals surface area contributed by atoms with E-state index in [9.17, 15) is 0 Å². The van der Waals surface area contributed by atoms with Crippen LogP contribution in [0.4, 0.5) is 0 Å². The van der Waals surface area contributed by atoms with Crippen LogP contribution in [0.1, 0.15) is 6.42 Å². The first-order valence-electron chi connectivity index (χ1n) is 4.68. The van der Waals surface area contributed by atoms with Gasteiger partial charge < -0.3 is 9.47 Å². The molecule has 0 aliphatic carbocycles. The van der Waals surface area contributed by atoms with Crippen LogP contribution >= 0.6 is 11.8 Å². The van der Waals surface area contributed by atoms with Crippen LogP contribution in [-0.2, 0) is 9.47 Å². The first kappa shape index (κ1) is 11.6. The minimum atomic E-state index is 0.399. The van der Waals surface area contributed by atoms with Gasteiger partial charge in [0, 0.05) is 17.8 Å². The van der Waals surface area contributed by atoms with E-state index in [1.165, 1.54) is 4.90 Å². The Morgan fingerprint density at radius 2 is 2.00 bits per heavy atom. The molecule has 0 bridgehead atoms. The van der Waals surface area contributed by atoms with Crippen LogP contribution in [0.15, 0.2) is 35.2 Å². The summed E-state index contributed by atoms with van der Waals surface area (Å²) in [5.41, 5.74) is 0. The highest BCUT2D eigenvalue weighted by molar-refractivity contribution is 7.99. The van der Waals surface area contributed by atoms with Crippen molar-refractivity contribution in [3.63, 3.8) is 0 Å². The Morgan fingerprint density at radius 3 is 2.71 bits per heavy atom. The van der Waals surface area contributed by atoms with E-state index in [0.717, 1.165) is 18.8 Å². The van der Waals surface area contributed by atoms with E-state index in [1.807, 2.05) is 17.8 Å². The first-order valence-corrected chi connectivity index (χ1v) is 5.66. The van der Waals surface area contributed by atoms with E-state index in [0.29, 0.717) is 6.79 Å². The van der Waals surface area contributed by atoms with E-state index in [1.54, 1.807) is 7.11 Å². The number of ether oxygens (including phenoxy) is 2. The normalized spacial score (nSPS) is 10.4. The number of benzene rings is 1. The molecule has 0 aliphatic rings. The summed E-state index contributed by atoms with van der Waals surface area (Å²) < 4.78 is 9.96. The molecular weight excluding hydrogens is 196 g/mol. The molecule has 78 valence electrons. The zero-order valence-corrected chi connectivity index (χ0v) is 9.26. The third-order valence-corrected chi connectivity index (χ3v) is 2.74. The van der Waals surface area contributed by atoms with Crippen molar-refractivity contribution in [2.75, 3.05) is 26.3 Å². The van der Waals surface area contributed by atoms with E-state index in [4.69, 9.17) is 9.47 Å². The number of hydrogen-bond donors (Lipinski definition) is 0. The standard InChI is InChI=1S/C11H16O2S/c1-12-10-13-8-5-9-14-11-6-3-2-4-7-11/h2-4,6-7H,5,8-10H2,1H3. The molecule has 1 aromatic rings. The quantitative estimate of drug-likeness (QED) is 0.393. The van der Waals surface area contributed by atoms with Crippen molar-refractivity contribution in [3.8, 4) is 0 Å². The number of methoxy groups -OCH3 is 1. The lowest BCUT2D eigenvalue weighted by atomic mass is 10.4. The molecule has 0 radical (unpaired) electrons. The van der Waals surface area contributed by atoms with Crippen LogP contribution in [0.5, 0.6) is 0 Å². The predicted octanol–water partition coefficient (Wildman–Crippen LogP) is 2.79. The smallest absolute Gasteiger partial charge is 0.146 e. The first-order chi connectivity index (χ1) is 6.93. The van der Waals surface area contributed by atoms with E-state index in [2.05, 4.69) is 24.3 Å². The number of thioether (sulfide) groups is 1. The van der Waals surface area contributed by atoms with Gasteiger partial charge in [-0.1, -0.05) is 18.2 Å². The van der Waals surface area contributed by atoms with Crippen molar-refractivity contribution >= 4 is 11.8 Å². The highest BCUT2D eigenvalue weighted by atomic mass is 32.2. The van der Waals surface area contributed by atoms with Crippen LogP contribution in [-0.4, -0.2) is 26.3 Å². The molecule has 0 aromatic heterocycles. The second-order valence-corrected chi connectivity index (χ2v) is 4.00. The predicted molar refractivity (Wildman–Crippen MR) is 59.6 cm³/mol. The van der Waals surface area contributed by atoms with Crippen molar-refractivity contribution in [1.82, 2.24) is 0 Å². The Bertz CT molecular complexity index is 226. The second-order valence-electron chi connectivity index (χ2n) is 2.83. The Balaban J connectivity index is 1.99. The molecule has 0 atom stereocenters. The molecule has 0 aliphatic heterocycles. The van der Waals surface area contributed by atoms with Gasteiger partial charge in [0.05, 0.1) is 6.61 Å². The summed E-state index contributed by atoms with van der Waals surface area (Å²) in [6, 6.07) is 10.4. The highest BCUT2D eigenvalue weighted by Crippen LogP contribution is 2.17. The molecule has 0 unspecified atom stereocenters. The van der Waals surface area contributed by atoms with Gasteiger partial charge in [-0.2, -0.15) is 0 Å². The Labute approximate surface area is 89.6 Å². The van der Waals surface area contributed by atoms with Gasteiger partial charge in [0.15, 0.2) is 0 Å². The van der Waals surface area contributed by atoms with Crippen LogP contribution in [0, 0.1) is 0 Å². The summed E-state index contributed by atoms with van der Waals surface area (Å²) in [5, 5.41) is 0. The largest absolute Gasteiger partial charge is 0.359 e. The SMILES string of the molecule is COCOCCCSc1ccccc1. The van der Waals surface area contributed by atoms with Crippen molar-refractivity contribution in [1.29, 1.82) is 0 Å². The minimum Gasteiger partial charge on any atom is -0.359 e. The Morgan fingerprint density at radius 1 is 1.21 bits per heavy atom. The van der Waals surface area contributed by atoms with Crippen LogP contribution in [0.3, 0.4) is 0 Å². The molecular formula is C11H16O2S. The van der Waals surface area contributed by atoms with Crippen molar-refractivity contribution in [2.45, 2.75) is 11.3 Å². The maximum absolute atomic E-state index is 5.19. The van der Waals surface area contributed by atoms with E-state index >= 15 is 0 Å². The van der Waals surface area contributed by atoms with Crippen molar-refractivity contribution in [3.05, 3.63) is 30.3 Å². The molecule has 0 N–H and O–H groups in total. The van der Waals surface area contributed by atoms with Crippen LogP contribution < -0.4 is 0 Å². The maximum Gasteiger partial charge on any atom is 0.146 e. The Hall–Kier alpha value is -0.510. The molecule has 1 aromatic carbocycles. The average Bonchev–Trinajstić information content (AvgIpc) is 2.25. The molecule has 14 heavy (non-hydrogen) atoms. The molecule has 0 saturated heterocycles. The fraction of sp³-hybridized carbons (Fsp3) is 0.455. The van der Waals surface area contributed by atoms with Gasteiger partial charge in [0.2, 0.25) is 0 Å². The minimum absolute atomic E-state index is 0.399. The summed E-state index contributed by atoms with van der Waals surface area (Å²) in [6.45, 7) is 1.17. The van der Waals surface area contributed by atoms with E-state index in [-0.39, 0.29) is 0 Å². The molecule has 2 nitrogen and oxygen atoms in total. The van der Waals surface area contributed by atoms with Crippen molar-refractivity contribution < 1.29 is 9.47 Å². The van der Waals surface area contributed by atoms with Gasteiger partial charge in [-0.3, -0.25) is 0 Å². The van der Waals surface area contributed by atoms with Gasteiger partial charge >= 0.3 is 0 Å². The monoisotopic (exact) mass is 212 g/mol. The van der Waals surface area contributed by atoms with Gasteiger partial charge in [-0.25, -0.2) is 0 Å². The zero-order chi connectivity index (χ0) is 10.1. The van der Waals surface area contributed by atoms with Crippen LogP contribution in [0.25, 0.3) is 0 Å². The lowest BCUT2D eigenvalue weighted by molar-refractivity contribution is -0.0297. The summed E-state index contributed by atoms with van der Waals surface area (Å²) in [5.74, 6) is 1.09. The van der Waals surface area contributed by atoms with Gasteiger partial charge in [0.1, 0.15) is 6.79 Å². The van der Waals surface area contributed by atoms with Crippen LogP contribution in [0.2, 0.25) is 0 Å². The molecule has 3 heteroatoms. The van der Waals surface area contributed by atoms with Gasteiger partial charge in [-0.15, -0.1) is 11.8 Å². The lowest BCUT2D eigenvalue weighted by Crippen LogP contribution is -1.99. The van der Waals surface area contributed by atoms with Gasteiger partial charge in [-0.05, 0) is 18.6 Å². The zero-order valence-electron chi connectivity index (χ0n) is 8.44. The van der Waals surface area contributed by atoms with Gasteiger partial charge in [0.25, 0.3) is 0 Å². The van der Waals surface area contributed by atoms with Crippen molar-refractivity contribution in [2.24, 2.45) is 0 Å². The fourth-order valence-corrected chi connectivity index (χ4v) is 1.86.